The lowest BCUT2D eigenvalue weighted by molar-refractivity contribution is 0.178. The number of ether oxygens (including phenoxy) is 2. The number of nitrogens with zero attached hydrogens (tertiary/aromatic N) is 5. The lowest BCUT2D eigenvalue weighted by Gasteiger charge is -2.19. The van der Waals surface area contributed by atoms with Crippen molar-refractivity contribution in [3.05, 3.63) is 60.2 Å². The van der Waals surface area contributed by atoms with E-state index in [0.29, 0.717) is 24.1 Å². The molecule has 0 aliphatic carbocycles. The Labute approximate surface area is 180 Å². The zero-order valence-corrected chi connectivity index (χ0v) is 17.6. The summed E-state index contributed by atoms with van der Waals surface area (Å²) in [4.78, 5) is 31.2. The fourth-order valence-electron chi connectivity index (χ4n) is 3.25. The molecule has 0 saturated carbocycles. The first-order valence-electron chi connectivity index (χ1n) is 10.2. The average molecular weight is 420 g/mol. The molecule has 31 heavy (non-hydrogen) atoms. The highest BCUT2D eigenvalue weighted by molar-refractivity contribution is 5.88. The van der Waals surface area contributed by atoms with Gasteiger partial charge in [0.05, 0.1) is 24.0 Å². The number of aromatic nitrogens is 4. The van der Waals surface area contributed by atoms with Crippen LogP contribution in [0.4, 0.5) is 16.7 Å². The van der Waals surface area contributed by atoms with E-state index in [2.05, 4.69) is 25.3 Å². The summed E-state index contributed by atoms with van der Waals surface area (Å²) in [5.74, 6) is 2.57. The lowest BCUT2D eigenvalue weighted by atomic mass is 10.2. The molecule has 1 aliphatic heterocycles. The predicted molar refractivity (Wildman–Crippen MR) is 115 cm³/mol. The minimum absolute atomic E-state index is 0.0848. The first kappa shape index (κ1) is 20.5. The fourth-order valence-corrected chi connectivity index (χ4v) is 3.25. The predicted octanol–water partition coefficient (Wildman–Crippen LogP) is 4.28. The lowest BCUT2D eigenvalue weighted by Crippen LogP contribution is -2.34. The Morgan fingerprint density at radius 2 is 1.97 bits per heavy atom. The SMILES string of the molecule is CC[C@H]1COC(=O)N1c1nc(C)nc(N[C@@H](C)c2ccc(Oc3ccccc3)cn2)n1. The van der Waals surface area contributed by atoms with Gasteiger partial charge in [0.1, 0.15) is 23.9 Å². The van der Waals surface area contributed by atoms with Gasteiger partial charge >= 0.3 is 6.09 Å². The number of hydrogen-bond acceptors (Lipinski definition) is 8. The number of carbonyl (C=O) groups is 1. The number of anilines is 2. The average Bonchev–Trinajstić information content (AvgIpc) is 3.15. The molecule has 9 nitrogen and oxygen atoms in total. The number of cyclic esters (lactones) is 1. The number of amides is 1. The van der Waals surface area contributed by atoms with Gasteiger partial charge in [0.15, 0.2) is 0 Å². The van der Waals surface area contributed by atoms with Crippen LogP contribution in [-0.4, -0.2) is 38.7 Å². The van der Waals surface area contributed by atoms with Crippen molar-refractivity contribution in [3.8, 4) is 11.5 Å². The van der Waals surface area contributed by atoms with Crippen LogP contribution in [0.25, 0.3) is 0 Å². The molecular weight excluding hydrogens is 396 g/mol. The molecule has 2 aromatic heterocycles. The Morgan fingerprint density at radius 1 is 1.16 bits per heavy atom. The number of rotatable bonds is 7. The van der Waals surface area contributed by atoms with Gasteiger partial charge in [-0.2, -0.15) is 15.0 Å². The fraction of sp³-hybridized carbons (Fsp3) is 0.318. The van der Waals surface area contributed by atoms with Gasteiger partial charge in [-0.3, -0.25) is 4.98 Å². The Balaban J connectivity index is 1.47. The van der Waals surface area contributed by atoms with Crippen molar-refractivity contribution >= 4 is 18.0 Å². The maximum atomic E-state index is 12.1. The molecule has 1 N–H and O–H groups in total. The summed E-state index contributed by atoms with van der Waals surface area (Å²) in [6.07, 6.45) is 1.99. The van der Waals surface area contributed by atoms with Crippen LogP contribution in [0.3, 0.4) is 0 Å². The van der Waals surface area contributed by atoms with Crippen LogP contribution in [0.1, 0.15) is 37.8 Å². The van der Waals surface area contributed by atoms with E-state index in [1.807, 2.05) is 56.3 Å². The van der Waals surface area contributed by atoms with E-state index in [-0.39, 0.29) is 18.0 Å². The Kier molecular flexibility index (Phi) is 5.92. The number of carbonyl (C=O) groups excluding carboxylic acids is 1. The number of pyridine rings is 1. The van der Waals surface area contributed by atoms with Crippen LogP contribution in [-0.2, 0) is 4.74 Å². The van der Waals surface area contributed by atoms with Crippen molar-refractivity contribution < 1.29 is 14.3 Å². The first-order chi connectivity index (χ1) is 15.0. The number of nitrogens with one attached hydrogen (secondary N) is 1. The number of benzene rings is 1. The molecule has 0 radical (unpaired) electrons. The molecule has 1 aliphatic rings. The van der Waals surface area contributed by atoms with Crippen LogP contribution >= 0.6 is 0 Å². The van der Waals surface area contributed by atoms with E-state index in [9.17, 15) is 4.79 Å². The second kappa shape index (κ2) is 8.95. The second-order valence-corrected chi connectivity index (χ2v) is 7.22. The van der Waals surface area contributed by atoms with Crippen LogP contribution < -0.4 is 15.0 Å². The van der Waals surface area contributed by atoms with Gasteiger partial charge in [0, 0.05) is 0 Å². The summed E-state index contributed by atoms with van der Waals surface area (Å²) in [7, 11) is 0. The minimum atomic E-state index is -0.438. The standard InChI is InChI=1S/C22H24N6O3/c1-4-16-13-30-22(29)28(16)21-26-15(3)25-20(27-21)24-14(2)19-11-10-18(12-23-19)31-17-8-6-5-7-9-17/h5-12,14,16H,4,13H2,1-3H3,(H,24,25,26,27)/t14-,16-/m0/s1. The molecule has 9 heteroatoms. The Morgan fingerprint density at radius 3 is 2.68 bits per heavy atom. The second-order valence-electron chi connectivity index (χ2n) is 7.22. The summed E-state index contributed by atoms with van der Waals surface area (Å²) >= 11 is 0. The van der Waals surface area contributed by atoms with E-state index in [1.54, 1.807) is 13.1 Å². The molecule has 4 rings (SSSR count). The Bertz CT molecular complexity index is 1040. The smallest absolute Gasteiger partial charge is 0.417 e. The highest BCUT2D eigenvalue weighted by Crippen LogP contribution is 2.25. The van der Waals surface area contributed by atoms with Crippen molar-refractivity contribution in [3.63, 3.8) is 0 Å². The van der Waals surface area contributed by atoms with E-state index in [0.717, 1.165) is 17.9 Å². The molecule has 1 saturated heterocycles. The van der Waals surface area contributed by atoms with Gasteiger partial charge < -0.3 is 14.8 Å². The highest BCUT2D eigenvalue weighted by atomic mass is 16.6. The molecule has 3 heterocycles. The number of aryl methyl sites for hydroxylation is 1. The van der Waals surface area contributed by atoms with Crippen LogP contribution in [0, 0.1) is 6.92 Å². The zero-order valence-electron chi connectivity index (χ0n) is 17.6. The molecule has 160 valence electrons. The quantitative estimate of drug-likeness (QED) is 0.604. The third-order valence-corrected chi connectivity index (χ3v) is 4.91. The summed E-state index contributed by atoms with van der Waals surface area (Å²) < 4.78 is 10.9. The normalized spacial score (nSPS) is 16.7. The van der Waals surface area contributed by atoms with E-state index < -0.39 is 6.09 Å². The molecule has 0 bridgehead atoms. The van der Waals surface area contributed by atoms with E-state index in [1.165, 1.54) is 4.90 Å². The molecule has 2 atom stereocenters. The van der Waals surface area contributed by atoms with Gasteiger partial charge in [-0.1, -0.05) is 25.1 Å². The van der Waals surface area contributed by atoms with Gasteiger partial charge in [0.25, 0.3) is 0 Å². The van der Waals surface area contributed by atoms with Gasteiger partial charge in [-0.05, 0) is 44.5 Å². The van der Waals surface area contributed by atoms with Crippen molar-refractivity contribution in [1.29, 1.82) is 0 Å². The first-order valence-corrected chi connectivity index (χ1v) is 10.2. The largest absolute Gasteiger partial charge is 0.456 e. The maximum absolute atomic E-state index is 12.1. The zero-order chi connectivity index (χ0) is 21.8. The highest BCUT2D eigenvalue weighted by Gasteiger charge is 2.35. The molecule has 0 unspecified atom stereocenters. The summed E-state index contributed by atoms with van der Waals surface area (Å²) in [6.45, 7) is 6.04. The van der Waals surface area contributed by atoms with Crippen LogP contribution in [0.15, 0.2) is 48.7 Å². The van der Waals surface area contributed by atoms with Crippen molar-refractivity contribution in [2.45, 2.75) is 39.3 Å². The summed E-state index contributed by atoms with van der Waals surface area (Å²) in [5, 5.41) is 3.24. The van der Waals surface area contributed by atoms with Gasteiger partial charge in [-0.25, -0.2) is 9.69 Å². The summed E-state index contributed by atoms with van der Waals surface area (Å²) in [6, 6.07) is 13.0. The molecule has 1 amide bonds. The van der Waals surface area contributed by atoms with Crippen molar-refractivity contribution in [1.82, 2.24) is 19.9 Å². The maximum Gasteiger partial charge on any atom is 0.417 e. The third-order valence-electron chi connectivity index (χ3n) is 4.91. The van der Waals surface area contributed by atoms with Crippen LogP contribution in [0.5, 0.6) is 11.5 Å². The molecule has 1 aromatic carbocycles. The molecular formula is C22H24N6O3. The van der Waals surface area contributed by atoms with Gasteiger partial charge in [-0.15, -0.1) is 0 Å². The number of para-hydroxylation sites is 1. The van der Waals surface area contributed by atoms with Gasteiger partial charge in [0.2, 0.25) is 11.9 Å². The molecule has 1 fully saturated rings. The third kappa shape index (κ3) is 4.71. The minimum Gasteiger partial charge on any atom is -0.456 e. The monoisotopic (exact) mass is 420 g/mol. The number of hydrogen-bond donors (Lipinski definition) is 1. The van der Waals surface area contributed by atoms with Crippen LogP contribution in [0.2, 0.25) is 0 Å². The van der Waals surface area contributed by atoms with E-state index >= 15 is 0 Å². The topological polar surface area (TPSA) is 102 Å². The van der Waals surface area contributed by atoms with Crippen molar-refractivity contribution in [2.75, 3.05) is 16.8 Å². The molecule has 3 aromatic rings. The Hall–Kier alpha value is -3.75. The van der Waals surface area contributed by atoms with E-state index in [4.69, 9.17) is 9.47 Å². The van der Waals surface area contributed by atoms with Crippen molar-refractivity contribution in [2.24, 2.45) is 0 Å². The molecule has 0 spiro atoms. The summed E-state index contributed by atoms with van der Waals surface area (Å²) in [5.41, 5.74) is 0.798.